The van der Waals surface area contributed by atoms with Crippen molar-refractivity contribution in [2.75, 3.05) is 19.5 Å². The molecule has 0 aromatic heterocycles. The number of rotatable bonds is 9. The van der Waals surface area contributed by atoms with E-state index in [2.05, 4.69) is 10.6 Å². The molecular weight excluding hydrogens is 408 g/mol. The van der Waals surface area contributed by atoms with Crippen molar-refractivity contribution in [3.05, 3.63) is 90.0 Å². The van der Waals surface area contributed by atoms with Gasteiger partial charge in [0.1, 0.15) is 24.1 Å². The minimum absolute atomic E-state index is 0.107. The molecule has 7 nitrogen and oxygen atoms in total. The van der Waals surface area contributed by atoms with Gasteiger partial charge in [0.2, 0.25) is 5.91 Å². The van der Waals surface area contributed by atoms with Gasteiger partial charge in [-0.25, -0.2) is 4.79 Å². The number of methoxy groups -OCH3 is 2. The number of ether oxygens (including phenoxy) is 3. The van der Waals surface area contributed by atoms with Gasteiger partial charge in [-0.15, -0.1) is 0 Å². The Hall–Kier alpha value is -4.00. The summed E-state index contributed by atoms with van der Waals surface area (Å²) in [4.78, 5) is 25.6. The van der Waals surface area contributed by atoms with E-state index in [9.17, 15) is 9.59 Å². The van der Waals surface area contributed by atoms with Crippen LogP contribution in [-0.4, -0.2) is 32.3 Å². The van der Waals surface area contributed by atoms with Gasteiger partial charge in [0.25, 0.3) is 0 Å². The number of carbonyl (C=O) groups excluding carboxylic acids is 2. The molecule has 3 aromatic rings. The molecule has 0 heterocycles. The summed E-state index contributed by atoms with van der Waals surface area (Å²) in [7, 11) is 3.05. The third kappa shape index (κ3) is 6.50. The normalized spacial score (nSPS) is 11.2. The summed E-state index contributed by atoms with van der Waals surface area (Å²) in [5.41, 5.74) is 2.19. The van der Waals surface area contributed by atoms with Gasteiger partial charge in [-0.3, -0.25) is 4.79 Å². The number of hydrogen-bond donors (Lipinski definition) is 2. The molecule has 32 heavy (non-hydrogen) atoms. The Kier molecular flexibility index (Phi) is 8.09. The van der Waals surface area contributed by atoms with Crippen LogP contribution < -0.4 is 20.1 Å². The van der Waals surface area contributed by atoms with Crippen LogP contribution >= 0.6 is 0 Å². The van der Waals surface area contributed by atoms with E-state index in [4.69, 9.17) is 14.2 Å². The van der Waals surface area contributed by atoms with Crippen LogP contribution in [0, 0.1) is 0 Å². The molecule has 0 aliphatic carbocycles. The van der Waals surface area contributed by atoms with E-state index in [0.29, 0.717) is 23.6 Å². The lowest BCUT2D eigenvalue weighted by molar-refractivity contribution is -0.118. The minimum atomic E-state index is -0.864. The van der Waals surface area contributed by atoms with Gasteiger partial charge in [-0.05, 0) is 23.3 Å². The molecule has 0 aliphatic heterocycles. The molecule has 0 spiro atoms. The molecular formula is C25H26N2O5. The monoisotopic (exact) mass is 434 g/mol. The molecule has 2 amide bonds. The van der Waals surface area contributed by atoms with Crippen molar-refractivity contribution in [2.24, 2.45) is 0 Å². The highest BCUT2D eigenvalue weighted by Gasteiger charge is 2.23. The largest absolute Gasteiger partial charge is 0.497 e. The maximum atomic E-state index is 13.1. The average molecular weight is 434 g/mol. The molecule has 3 aromatic carbocycles. The SMILES string of the molecule is COc1ccc(OC)c(NC(=O)[C@H](Cc2ccccc2)NC(=O)OCc2ccccc2)c1. The Morgan fingerprint density at radius 3 is 2.12 bits per heavy atom. The van der Waals surface area contributed by atoms with Crippen LogP contribution in [0.15, 0.2) is 78.9 Å². The molecule has 0 unspecified atom stereocenters. The third-order valence-electron chi connectivity index (χ3n) is 4.77. The summed E-state index contributed by atoms with van der Waals surface area (Å²) in [6.07, 6.45) is -0.387. The van der Waals surface area contributed by atoms with Gasteiger partial charge in [-0.2, -0.15) is 0 Å². The zero-order valence-corrected chi connectivity index (χ0v) is 18.0. The molecule has 0 fully saturated rings. The number of alkyl carbamates (subject to hydrolysis) is 1. The zero-order valence-electron chi connectivity index (χ0n) is 18.0. The highest BCUT2D eigenvalue weighted by molar-refractivity contribution is 5.98. The van der Waals surface area contributed by atoms with Gasteiger partial charge in [0.15, 0.2) is 0 Å². The van der Waals surface area contributed by atoms with Crippen LogP contribution in [0.1, 0.15) is 11.1 Å². The molecule has 0 aliphatic rings. The third-order valence-corrected chi connectivity index (χ3v) is 4.77. The lowest BCUT2D eigenvalue weighted by Crippen LogP contribution is -2.45. The van der Waals surface area contributed by atoms with Crippen LogP contribution in [-0.2, 0) is 22.6 Å². The number of nitrogens with one attached hydrogen (secondary N) is 2. The quantitative estimate of drug-likeness (QED) is 0.528. The predicted molar refractivity (Wildman–Crippen MR) is 122 cm³/mol. The fourth-order valence-corrected chi connectivity index (χ4v) is 3.10. The van der Waals surface area contributed by atoms with E-state index < -0.39 is 18.0 Å². The number of benzene rings is 3. The summed E-state index contributed by atoms with van der Waals surface area (Å²) in [5.74, 6) is 0.636. The standard InChI is InChI=1S/C25H26N2O5/c1-30-20-13-14-23(31-2)21(16-20)26-24(28)22(15-18-9-5-3-6-10-18)27-25(29)32-17-19-11-7-4-8-12-19/h3-14,16,22H,15,17H2,1-2H3,(H,26,28)(H,27,29)/t22-/m0/s1. The Labute approximate surface area is 187 Å². The highest BCUT2D eigenvalue weighted by atomic mass is 16.5. The van der Waals surface area contributed by atoms with Gasteiger partial charge >= 0.3 is 6.09 Å². The molecule has 0 bridgehead atoms. The minimum Gasteiger partial charge on any atom is -0.497 e. The molecule has 166 valence electrons. The Morgan fingerprint density at radius 2 is 1.50 bits per heavy atom. The fourth-order valence-electron chi connectivity index (χ4n) is 3.10. The first-order valence-electron chi connectivity index (χ1n) is 10.1. The summed E-state index contributed by atoms with van der Waals surface area (Å²) in [6.45, 7) is 0.107. The maximum absolute atomic E-state index is 13.1. The average Bonchev–Trinajstić information content (AvgIpc) is 2.83. The highest BCUT2D eigenvalue weighted by Crippen LogP contribution is 2.29. The number of hydrogen-bond acceptors (Lipinski definition) is 5. The van der Waals surface area contributed by atoms with E-state index in [1.54, 1.807) is 18.2 Å². The summed E-state index contributed by atoms with van der Waals surface area (Å²) < 4.78 is 15.9. The molecule has 0 saturated carbocycles. The second-order valence-corrected chi connectivity index (χ2v) is 7.00. The molecule has 0 saturated heterocycles. The van der Waals surface area contributed by atoms with E-state index >= 15 is 0 Å². The number of carbonyl (C=O) groups is 2. The molecule has 7 heteroatoms. The van der Waals surface area contributed by atoms with Crippen molar-refractivity contribution in [2.45, 2.75) is 19.1 Å². The van der Waals surface area contributed by atoms with Crippen LogP contribution in [0.4, 0.5) is 10.5 Å². The van der Waals surface area contributed by atoms with Crippen molar-refractivity contribution in [1.82, 2.24) is 5.32 Å². The lowest BCUT2D eigenvalue weighted by Gasteiger charge is -2.20. The summed E-state index contributed by atoms with van der Waals surface area (Å²) >= 11 is 0. The van der Waals surface area contributed by atoms with Gasteiger partial charge in [-0.1, -0.05) is 60.7 Å². The molecule has 2 N–H and O–H groups in total. The number of amides is 2. The summed E-state index contributed by atoms with van der Waals surface area (Å²) in [5, 5.41) is 5.50. The van der Waals surface area contributed by atoms with Crippen LogP contribution in [0.2, 0.25) is 0 Å². The van der Waals surface area contributed by atoms with Crippen molar-refractivity contribution in [3.8, 4) is 11.5 Å². The lowest BCUT2D eigenvalue weighted by atomic mass is 10.1. The Balaban J connectivity index is 1.73. The first kappa shape index (κ1) is 22.7. The van der Waals surface area contributed by atoms with E-state index in [1.165, 1.54) is 14.2 Å². The van der Waals surface area contributed by atoms with E-state index in [-0.39, 0.29) is 6.61 Å². The second kappa shape index (κ2) is 11.4. The van der Waals surface area contributed by atoms with Gasteiger partial charge < -0.3 is 24.8 Å². The van der Waals surface area contributed by atoms with Crippen molar-refractivity contribution >= 4 is 17.7 Å². The Morgan fingerprint density at radius 1 is 0.844 bits per heavy atom. The fraction of sp³-hybridized carbons (Fsp3) is 0.200. The number of anilines is 1. The van der Waals surface area contributed by atoms with Crippen molar-refractivity contribution in [1.29, 1.82) is 0 Å². The van der Waals surface area contributed by atoms with Crippen LogP contribution in [0.25, 0.3) is 0 Å². The van der Waals surface area contributed by atoms with E-state index in [1.807, 2.05) is 60.7 Å². The molecule has 0 radical (unpaired) electrons. The van der Waals surface area contributed by atoms with Crippen molar-refractivity contribution < 1.29 is 23.8 Å². The smallest absolute Gasteiger partial charge is 0.408 e. The Bertz CT molecular complexity index is 1030. The predicted octanol–water partition coefficient (Wildman–Crippen LogP) is 4.18. The maximum Gasteiger partial charge on any atom is 0.408 e. The zero-order chi connectivity index (χ0) is 22.8. The topological polar surface area (TPSA) is 85.9 Å². The first-order chi connectivity index (χ1) is 15.6. The van der Waals surface area contributed by atoms with E-state index in [0.717, 1.165) is 11.1 Å². The van der Waals surface area contributed by atoms with Crippen LogP contribution in [0.3, 0.4) is 0 Å². The second-order valence-electron chi connectivity index (χ2n) is 7.00. The van der Waals surface area contributed by atoms with Gasteiger partial charge in [0, 0.05) is 12.5 Å². The van der Waals surface area contributed by atoms with Gasteiger partial charge in [0.05, 0.1) is 19.9 Å². The first-order valence-corrected chi connectivity index (χ1v) is 10.1. The van der Waals surface area contributed by atoms with Crippen LogP contribution in [0.5, 0.6) is 11.5 Å². The van der Waals surface area contributed by atoms with Crippen molar-refractivity contribution in [3.63, 3.8) is 0 Å². The summed E-state index contributed by atoms with van der Waals surface area (Å²) in [6, 6.07) is 23.0. The molecule has 3 rings (SSSR count). The molecule has 1 atom stereocenters.